The Labute approximate surface area is 99.6 Å². The number of carbonyl (C=O) groups is 1. The molecule has 1 aromatic rings. The molecule has 0 N–H and O–H groups in total. The van der Waals surface area contributed by atoms with Gasteiger partial charge in [0, 0.05) is 22.9 Å². The van der Waals surface area contributed by atoms with Crippen LogP contribution in [0.2, 0.25) is 5.02 Å². The van der Waals surface area contributed by atoms with Crippen molar-refractivity contribution in [3.8, 4) is 0 Å². The summed E-state index contributed by atoms with van der Waals surface area (Å²) in [5.41, 5.74) is 0.552. The van der Waals surface area contributed by atoms with Crippen LogP contribution in [0.4, 0.5) is 4.39 Å². The summed E-state index contributed by atoms with van der Waals surface area (Å²) >= 11 is 5.97. The number of benzene rings is 1. The van der Waals surface area contributed by atoms with Gasteiger partial charge in [-0.3, -0.25) is 4.79 Å². The largest absolute Gasteiger partial charge is 0.299 e. The molecule has 16 heavy (non-hydrogen) atoms. The van der Waals surface area contributed by atoms with Gasteiger partial charge in [0.25, 0.3) is 0 Å². The van der Waals surface area contributed by atoms with Gasteiger partial charge in [-0.15, -0.1) is 0 Å². The zero-order valence-corrected chi connectivity index (χ0v) is 9.93. The second kappa shape index (κ2) is 4.54. The Morgan fingerprint density at radius 3 is 2.81 bits per heavy atom. The first-order valence-electron chi connectivity index (χ1n) is 5.55. The lowest BCUT2D eigenvalue weighted by Crippen LogP contribution is -2.13. The van der Waals surface area contributed by atoms with Gasteiger partial charge in [-0.2, -0.15) is 0 Å². The molecule has 2 atom stereocenters. The molecule has 0 amide bonds. The first-order chi connectivity index (χ1) is 7.59. The maximum atomic E-state index is 13.6. The highest BCUT2D eigenvalue weighted by atomic mass is 35.5. The zero-order chi connectivity index (χ0) is 11.7. The number of hydrogen-bond acceptors (Lipinski definition) is 1. The van der Waals surface area contributed by atoms with Crippen molar-refractivity contribution >= 4 is 17.4 Å². The Hall–Kier alpha value is -0.890. The van der Waals surface area contributed by atoms with Gasteiger partial charge in [0.05, 0.1) is 0 Å². The molecule has 0 saturated heterocycles. The molecular formula is C13H14ClFO. The summed E-state index contributed by atoms with van der Waals surface area (Å²) in [6, 6.07) is 4.72. The van der Waals surface area contributed by atoms with Crippen molar-refractivity contribution in [2.45, 2.75) is 26.2 Å². The molecule has 1 aromatic carbocycles. The highest BCUT2D eigenvalue weighted by Gasteiger charge is 2.31. The molecule has 0 aromatic heterocycles. The molecule has 2 unspecified atom stereocenters. The van der Waals surface area contributed by atoms with Crippen LogP contribution in [0.15, 0.2) is 18.2 Å². The van der Waals surface area contributed by atoms with Crippen molar-refractivity contribution in [3.63, 3.8) is 0 Å². The Morgan fingerprint density at radius 2 is 2.25 bits per heavy atom. The summed E-state index contributed by atoms with van der Waals surface area (Å²) in [7, 11) is 0. The van der Waals surface area contributed by atoms with Crippen molar-refractivity contribution in [2.24, 2.45) is 11.8 Å². The minimum atomic E-state index is -0.265. The topological polar surface area (TPSA) is 17.1 Å². The molecule has 0 heterocycles. The maximum absolute atomic E-state index is 13.6. The van der Waals surface area contributed by atoms with Gasteiger partial charge in [0.1, 0.15) is 11.6 Å². The third-order valence-electron chi connectivity index (χ3n) is 3.50. The average molecular weight is 241 g/mol. The second-order valence-electron chi connectivity index (χ2n) is 4.46. The highest BCUT2D eigenvalue weighted by molar-refractivity contribution is 6.31. The normalized spacial score (nSPS) is 25.1. The van der Waals surface area contributed by atoms with Crippen LogP contribution in [0, 0.1) is 17.7 Å². The third kappa shape index (κ3) is 2.12. The van der Waals surface area contributed by atoms with E-state index in [2.05, 4.69) is 0 Å². The fraction of sp³-hybridized carbons (Fsp3) is 0.462. The molecule has 86 valence electrons. The summed E-state index contributed by atoms with van der Waals surface area (Å²) in [5.74, 6) is 0.300. The summed E-state index contributed by atoms with van der Waals surface area (Å²) in [4.78, 5) is 11.4. The SMILES string of the molecule is CC1C(=O)CCC1Cc1c(F)cccc1Cl. The van der Waals surface area contributed by atoms with E-state index >= 15 is 0 Å². The van der Waals surface area contributed by atoms with Crippen LogP contribution in [0.3, 0.4) is 0 Å². The number of rotatable bonds is 2. The minimum absolute atomic E-state index is 0.0377. The molecule has 0 spiro atoms. The second-order valence-corrected chi connectivity index (χ2v) is 4.87. The molecule has 0 aliphatic heterocycles. The first-order valence-corrected chi connectivity index (χ1v) is 5.93. The quantitative estimate of drug-likeness (QED) is 0.772. The predicted octanol–water partition coefficient (Wildman–Crippen LogP) is 3.64. The van der Waals surface area contributed by atoms with Crippen LogP contribution in [0.25, 0.3) is 0 Å². The van der Waals surface area contributed by atoms with Crippen molar-refractivity contribution < 1.29 is 9.18 Å². The molecule has 1 aliphatic carbocycles. The van der Waals surface area contributed by atoms with Crippen LogP contribution >= 0.6 is 11.6 Å². The highest BCUT2D eigenvalue weighted by Crippen LogP contribution is 2.33. The van der Waals surface area contributed by atoms with Crippen molar-refractivity contribution in [1.29, 1.82) is 0 Å². The summed E-state index contributed by atoms with van der Waals surface area (Å²) in [6.45, 7) is 1.93. The van der Waals surface area contributed by atoms with Crippen molar-refractivity contribution in [3.05, 3.63) is 34.6 Å². The van der Waals surface area contributed by atoms with E-state index in [1.807, 2.05) is 6.92 Å². The fourth-order valence-electron chi connectivity index (χ4n) is 2.34. The molecule has 0 bridgehead atoms. The monoisotopic (exact) mass is 240 g/mol. The van der Waals surface area contributed by atoms with Gasteiger partial charge >= 0.3 is 0 Å². The van der Waals surface area contributed by atoms with E-state index < -0.39 is 0 Å². The molecular weight excluding hydrogens is 227 g/mol. The lowest BCUT2D eigenvalue weighted by molar-refractivity contribution is -0.120. The number of halogens is 2. The number of ketones is 1. The first kappa shape index (κ1) is 11.6. The molecule has 2 rings (SSSR count). The molecule has 1 fully saturated rings. The Kier molecular flexibility index (Phi) is 3.29. The van der Waals surface area contributed by atoms with Gasteiger partial charge < -0.3 is 0 Å². The Balaban J connectivity index is 2.18. The van der Waals surface area contributed by atoms with Crippen LogP contribution in [-0.2, 0) is 11.2 Å². The zero-order valence-electron chi connectivity index (χ0n) is 9.17. The fourth-order valence-corrected chi connectivity index (χ4v) is 2.58. The molecule has 1 nitrogen and oxygen atoms in total. The van der Waals surface area contributed by atoms with Gasteiger partial charge in [-0.1, -0.05) is 24.6 Å². The molecule has 0 radical (unpaired) electrons. The van der Waals surface area contributed by atoms with Crippen LogP contribution in [-0.4, -0.2) is 5.78 Å². The number of Topliss-reactive ketones (excluding diaryl/α,β-unsaturated/α-hetero) is 1. The van der Waals surface area contributed by atoms with E-state index in [9.17, 15) is 9.18 Å². The van der Waals surface area contributed by atoms with Crippen LogP contribution < -0.4 is 0 Å². The molecule has 3 heteroatoms. The average Bonchev–Trinajstić information content (AvgIpc) is 2.55. The van der Waals surface area contributed by atoms with E-state index in [-0.39, 0.29) is 23.4 Å². The van der Waals surface area contributed by atoms with Crippen LogP contribution in [0.1, 0.15) is 25.3 Å². The summed E-state index contributed by atoms with van der Waals surface area (Å²) < 4.78 is 13.6. The standard InChI is InChI=1S/C13H14ClFO/c1-8-9(5-6-13(8)16)7-10-11(14)3-2-4-12(10)15/h2-4,8-9H,5-7H2,1H3. The van der Waals surface area contributed by atoms with Crippen molar-refractivity contribution in [1.82, 2.24) is 0 Å². The third-order valence-corrected chi connectivity index (χ3v) is 3.86. The lowest BCUT2D eigenvalue weighted by atomic mass is 9.90. The lowest BCUT2D eigenvalue weighted by Gasteiger charge is -2.15. The van der Waals surface area contributed by atoms with Gasteiger partial charge in [0.2, 0.25) is 0 Å². The molecule has 1 saturated carbocycles. The molecule has 1 aliphatic rings. The predicted molar refractivity (Wildman–Crippen MR) is 62.0 cm³/mol. The Bertz CT molecular complexity index is 396. The van der Waals surface area contributed by atoms with E-state index in [0.717, 1.165) is 6.42 Å². The van der Waals surface area contributed by atoms with Crippen LogP contribution in [0.5, 0.6) is 0 Å². The summed E-state index contributed by atoms with van der Waals surface area (Å²) in [5, 5.41) is 0.464. The minimum Gasteiger partial charge on any atom is -0.299 e. The van der Waals surface area contributed by atoms with E-state index in [0.29, 0.717) is 23.4 Å². The maximum Gasteiger partial charge on any atom is 0.135 e. The summed E-state index contributed by atoms with van der Waals surface area (Å²) in [6.07, 6.45) is 2.04. The smallest absolute Gasteiger partial charge is 0.135 e. The number of hydrogen-bond donors (Lipinski definition) is 0. The van der Waals surface area contributed by atoms with Gasteiger partial charge in [-0.05, 0) is 30.9 Å². The van der Waals surface area contributed by atoms with E-state index in [4.69, 9.17) is 11.6 Å². The van der Waals surface area contributed by atoms with E-state index in [1.165, 1.54) is 6.07 Å². The van der Waals surface area contributed by atoms with Gasteiger partial charge in [0.15, 0.2) is 0 Å². The van der Waals surface area contributed by atoms with Crippen molar-refractivity contribution in [2.75, 3.05) is 0 Å². The van der Waals surface area contributed by atoms with Gasteiger partial charge in [-0.25, -0.2) is 4.39 Å². The number of carbonyl (C=O) groups excluding carboxylic acids is 1. The Morgan fingerprint density at radius 1 is 1.50 bits per heavy atom. The van der Waals surface area contributed by atoms with E-state index in [1.54, 1.807) is 12.1 Å².